The first-order valence-electron chi connectivity index (χ1n) is 12.5. The first-order chi connectivity index (χ1) is 18.1. The molecule has 1 saturated heterocycles. The van der Waals surface area contributed by atoms with Crippen LogP contribution in [0.5, 0.6) is 17.2 Å². The number of ether oxygens (including phenoxy) is 4. The van der Waals surface area contributed by atoms with Gasteiger partial charge >= 0.3 is 0 Å². The molecule has 2 aliphatic heterocycles. The maximum absolute atomic E-state index is 13.7. The molecular formula is C28H32N4O5. The van der Waals surface area contributed by atoms with Crippen LogP contribution in [-0.4, -0.2) is 75.0 Å². The highest BCUT2D eigenvalue weighted by atomic mass is 16.5. The van der Waals surface area contributed by atoms with Gasteiger partial charge in [0.05, 0.1) is 46.8 Å². The number of aromatic nitrogens is 2. The van der Waals surface area contributed by atoms with E-state index in [4.69, 9.17) is 28.9 Å². The minimum absolute atomic E-state index is 0.133. The summed E-state index contributed by atoms with van der Waals surface area (Å²) in [5, 5.41) is 0. The molecule has 3 heterocycles. The minimum atomic E-state index is -0.133. The third-order valence-corrected chi connectivity index (χ3v) is 6.87. The van der Waals surface area contributed by atoms with E-state index in [-0.39, 0.29) is 5.91 Å². The Bertz CT molecular complexity index is 1250. The van der Waals surface area contributed by atoms with Gasteiger partial charge in [-0.15, -0.1) is 0 Å². The lowest BCUT2D eigenvalue weighted by Gasteiger charge is -2.35. The van der Waals surface area contributed by atoms with E-state index in [1.165, 1.54) is 0 Å². The number of anilines is 1. The van der Waals surface area contributed by atoms with E-state index in [0.717, 1.165) is 47.3 Å². The fourth-order valence-electron chi connectivity index (χ4n) is 4.98. The van der Waals surface area contributed by atoms with Crippen molar-refractivity contribution in [2.45, 2.75) is 19.4 Å². The number of para-hydroxylation sites is 1. The predicted molar refractivity (Wildman–Crippen MR) is 139 cm³/mol. The Morgan fingerprint density at radius 2 is 1.57 bits per heavy atom. The van der Waals surface area contributed by atoms with E-state index < -0.39 is 0 Å². The zero-order valence-electron chi connectivity index (χ0n) is 21.5. The predicted octanol–water partition coefficient (Wildman–Crippen LogP) is 3.13. The lowest BCUT2D eigenvalue weighted by atomic mass is 10.0. The van der Waals surface area contributed by atoms with Gasteiger partial charge in [0.1, 0.15) is 34.5 Å². The highest BCUT2D eigenvalue weighted by Gasteiger charge is 2.31. The van der Waals surface area contributed by atoms with Gasteiger partial charge in [-0.1, -0.05) is 24.3 Å². The second-order valence-electron chi connectivity index (χ2n) is 8.99. The maximum atomic E-state index is 13.7. The SMILES string of the molecule is COc1ccccc1Cc1nc2c(c(N3CCOCC3)n1)CN(C(=O)c1c(OC)cccc1OC)CC2. The monoisotopic (exact) mass is 504 g/mol. The van der Waals surface area contributed by atoms with Crippen molar-refractivity contribution in [3.63, 3.8) is 0 Å². The number of benzene rings is 2. The van der Waals surface area contributed by atoms with Crippen molar-refractivity contribution < 1.29 is 23.7 Å². The summed E-state index contributed by atoms with van der Waals surface area (Å²) >= 11 is 0. The first kappa shape index (κ1) is 24.8. The number of fused-ring (bicyclic) bond motifs is 1. The highest BCUT2D eigenvalue weighted by Crippen LogP contribution is 2.33. The zero-order valence-corrected chi connectivity index (χ0v) is 21.5. The van der Waals surface area contributed by atoms with Gasteiger partial charge in [0.2, 0.25) is 0 Å². The molecule has 0 aliphatic carbocycles. The van der Waals surface area contributed by atoms with E-state index in [2.05, 4.69) is 4.90 Å². The summed E-state index contributed by atoms with van der Waals surface area (Å²) in [5.74, 6) is 3.29. The summed E-state index contributed by atoms with van der Waals surface area (Å²) in [4.78, 5) is 27.8. The van der Waals surface area contributed by atoms with Crippen LogP contribution >= 0.6 is 0 Å². The van der Waals surface area contributed by atoms with E-state index in [0.29, 0.717) is 56.2 Å². The Kier molecular flexibility index (Phi) is 7.41. The topological polar surface area (TPSA) is 86.3 Å². The molecule has 1 amide bonds. The highest BCUT2D eigenvalue weighted by molar-refractivity contribution is 6.00. The molecule has 0 bridgehead atoms. The molecule has 194 valence electrons. The van der Waals surface area contributed by atoms with Gasteiger partial charge in [-0.25, -0.2) is 9.97 Å². The molecule has 0 atom stereocenters. The maximum Gasteiger partial charge on any atom is 0.261 e. The van der Waals surface area contributed by atoms with Crippen molar-refractivity contribution >= 4 is 11.7 Å². The lowest BCUT2D eigenvalue weighted by molar-refractivity contribution is 0.0725. The molecule has 37 heavy (non-hydrogen) atoms. The fourth-order valence-corrected chi connectivity index (χ4v) is 4.98. The molecule has 0 saturated carbocycles. The van der Waals surface area contributed by atoms with Gasteiger partial charge in [0, 0.05) is 43.6 Å². The quantitative estimate of drug-likeness (QED) is 0.485. The molecule has 0 spiro atoms. The summed E-state index contributed by atoms with van der Waals surface area (Å²) in [5.41, 5.74) is 3.43. The molecule has 2 aliphatic rings. The summed E-state index contributed by atoms with van der Waals surface area (Å²) in [6.07, 6.45) is 1.20. The molecular weight excluding hydrogens is 472 g/mol. The van der Waals surface area contributed by atoms with Crippen LogP contribution in [0, 0.1) is 0 Å². The van der Waals surface area contributed by atoms with Crippen molar-refractivity contribution in [2.24, 2.45) is 0 Å². The normalized spacial score (nSPS) is 15.2. The van der Waals surface area contributed by atoms with Crippen molar-refractivity contribution in [1.29, 1.82) is 0 Å². The Morgan fingerprint density at radius 3 is 2.27 bits per heavy atom. The Labute approximate surface area is 216 Å². The van der Waals surface area contributed by atoms with E-state index >= 15 is 0 Å². The first-order valence-corrected chi connectivity index (χ1v) is 12.5. The Balaban J connectivity index is 1.50. The second kappa shape index (κ2) is 11.0. The van der Waals surface area contributed by atoms with Crippen molar-refractivity contribution in [3.05, 3.63) is 70.7 Å². The lowest BCUT2D eigenvalue weighted by Crippen LogP contribution is -2.41. The summed E-state index contributed by atoms with van der Waals surface area (Å²) in [6, 6.07) is 13.3. The van der Waals surface area contributed by atoms with Crippen molar-refractivity contribution in [1.82, 2.24) is 14.9 Å². The Morgan fingerprint density at radius 1 is 0.892 bits per heavy atom. The number of nitrogens with zero attached hydrogens (tertiary/aromatic N) is 4. The van der Waals surface area contributed by atoms with Crippen LogP contribution in [0.25, 0.3) is 0 Å². The zero-order chi connectivity index (χ0) is 25.8. The van der Waals surface area contributed by atoms with Crippen LogP contribution in [0.2, 0.25) is 0 Å². The van der Waals surface area contributed by atoms with Crippen LogP contribution in [0.3, 0.4) is 0 Å². The molecule has 9 nitrogen and oxygen atoms in total. The third kappa shape index (κ3) is 5.04. The van der Waals surface area contributed by atoms with Crippen LogP contribution < -0.4 is 19.1 Å². The third-order valence-electron chi connectivity index (χ3n) is 6.87. The largest absolute Gasteiger partial charge is 0.496 e. The number of methoxy groups -OCH3 is 3. The van der Waals surface area contributed by atoms with Crippen LogP contribution in [0.15, 0.2) is 42.5 Å². The molecule has 0 unspecified atom stereocenters. The smallest absolute Gasteiger partial charge is 0.261 e. The number of morpholine rings is 1. The fraction of sp³-hybridized carbons (Fsp3) is 0.393. The standard InChI is InChI=1S/C28H32N4O5/c1-34-22-8-5-4-7-19(22)17-25-29-21-11-12-32(18-20(21)27(30-25)31-13-15-37-16-14-31)28(33)26-23(35-2)9-6-10-24(26)36-3/h4-10H,11-18H2,1-3H3. The number of rotatable bonds is 7. The van der Waals surface area contributed by atoms with Crippen molar-refractivity contribution in [2.75, 3.05) is 59.1 Å². The number of hydrogen-bond donors (Lipinski definition) is 0. The summed E-state index contributed by atoms with van der Waals surface area (Å²) in [6.45, 7) is 3.72. The van der Waals surface area contributed by atoms with E-state index in [1.807, 2.05) is 35.2 Å². The van der Waals surface area contributed by atoms with Gasteiger partial charge in [-0.3, -0.25) is 4.79 Å². The van der Waals surface area contributed by atoms with Gasteiger partial charge in [0.15, 0.2) is 0 Å². The summed E-state index contributed by atoms with van der Waals surface area (Å²) in [7, 11) is 4.80. The molecule has 9 heteroatoms. The van der Waals surface area contributed by atoms with Gasteiger partial charge < -0.3 is 28.7 Å². The molecule has 3 aromatic rings. The van der Waals surface area contributed by atoms with E-state index in [1.54, 1.807) is 33.5 Å². The van der Waals surface area contributed by atoms with Crippen molar-refractivity contribution in [3.8, 4) is 17.2 Å². The summed E-state index contributed by atoms with van der Waals surface area (Å²) < 4.78 is 22.1. The molecule has 1 aromatic heterocycles. The van der Waals surface area contributed by atoms with Crippen LogP contribution in [0.4, 0.5) is 5.82 Å². The van der Waals surface area contributed by atoms with E-state index in [9.17, 15) is 4.79 Å². The average Bonchev–Trinajstić information content (AvgIpc) is 2.96. The number of hydrogen-bond acceptors (Lipinski definition) is 8. The number of amides is 1. The van der Waals surface area contributed by atoms with Gasteiger partial charge in [-0.2, -0.15) is 0 Å². The second-order valence-corrected chi connectivity index (χ2v) is 8.99. The average molecular weight is 505 g/mol. The molecule has 5 rings (SSSR count). The number of carbonyl (C=O) groups excluding carboxylic acids is 1. The minimum Gasteiger partial charge on any atom is -0.496 e. The molecule has 0 radical (unpaired) electrons. The Hall–Kier alpha value is -3.85. The van der Waals surface area contributed by atoms with Crippen LogP contribution in [-0.2, 0) is 24.1 Å². The van der Waals surface area contributed by atoms with Gasteiger partial charge in [-0.05, 0) is 18.2 Å². The molecule has 2 aromatic carbocycles. The molecule has 0 N–H and O–H groups in total. The molecule has 1 fully saturated rings. The van der Waals surface area contributed by atoms with Gasteiger partial charge in [0.25, 0.3) is 5.91 Å². The number of carbonyl (C=O) groups is 1. The van der Waals surface area contributed by atoms with Crippen LogP contribution in [0.1, 0.15) is 33.0 Å².